The number of rotatable bonds is 9. The minimum Gasteiger partial charge on any atom is -0.379 e. The first kappa shape index (κ1) is 22.6. The summed E-state index contributed by atoms with van der Waals surface area (Å²) in [5, 5.41) is 11.0. The maximum atomic E-state index is 5.78. The van der Waals surface area contributed by atoms with Gasteiger partial charge in [-0.05, 0) is 31.9 Å². The van der Waals surface area contributed by atoms with Gasteiger partial charge in [0.05, 0.1) is 31.1 Å². The standard InChI is InChI=1S/C20H29N5O2.HI/c1-2-21-20(22-10-6-11-27-19-9-12-26-16-19)23-13-17-14-24-25(15-17)18-7-4-3-5-8-18;/h3-5,7-8,14-15,19H,2,6,9-13,16H2,1H3,(H2,21,22,23);1H. The zero-order chi connectivity index (χ0) is 18.7. The van der Waals surface area contributed by atoms with Gasteiger partial charge in [0.15, 0.2) is 5.96 Å². The third kappa shape index (κ3) is 7.40. The van der Waals surface area contributed by atoms with Crippen molar-refractivity contribution >= 4 is 29.9 Å². The topological polar surface area (TPSA) is 72.7 Å². The molecule has 1 aliphatic rings. The van der Waals surface area contributed by atoms with E-state index < -0.39 is 0 Å². The van der Waals surface area contributed by atoms with Gasteiger partial charge in [0, 0.05) is 38.1 Å². The van der Waals surface area contributed by atoms with Crippen LogP contribution in [0.5, 0.6) is 0 Å². The van der Waals surface area contributed by atoms with E-state index in [9.17, 15) is 0 Å². The molecule has 0 aliphatic carbocycles. The molecule has 0 spiro atoms. The zero-order valence-corrected chi connectivity index (χ0v) is 18.7. The Kier molecular flexibility index (Phi) is 10.3. The number of nitrogens with one attached hydrogen (secondary N) is 2. The van der Waals surface area contributed by atoms with Crippen molar-refractivity contribution in [2.24, 2.45) is 4.99 Å². The van der Waals surface area contributed by atoms with Crippen LogP contribution in [-0.2, 0) is 16.0 Å². The number of guanidine groups is 1. The average Bonchev–Trinajstić information content (AvgIpc) is 3.38. The smallest absolute Gasteiger partial charge is 0.191 e. The van der Waals surface area contributed by atoms with Crippen LogP contribution in [0.25, 0.3) is 5.69 Å². The van der Waals surface area contributed by atoms with Crippen molar-refractivity contribution < 1.29 is 9.47 Å². The molecule has 2 aromatic rings. The Morgan fingerprint density at radius 2 is 2.18 bits per heavy atom. The Labute approximate surface area is 183 Å². The lowest BCUT2D eigenvalue weighted by Crippen LogP contribution is -2.38. The summed E-state index contributed by atoms with van der Waals surface area (Å²) in [6.45, 7) is 6.58. The van der Waals surface area contributed by atoms with E-state index in [1.165, 1.54) is 0 Å². The SMILES string of the molecule is CCNC(=NCc1cnn(-c2ccccc2)c1)NCCCOC1CCOC1.I. The molecular weight excluding hydrogens is 469 g/mol. The van der Waals surface area contributed by atoms with Crippen LogP contribution in [0.4, 0.5) is 0 Å². The Morgan fingerprint density at radius 3 is 2.93 bits per heavy atom. The molecule has 1 fully saturated rings. The van der Waals surface area contributed by atoms with Crippen molar-refractivity contribution in [2.75, 3.05) is 32.9 Å². The van der Waals surface area contributed by atoms with Gasteiger partial charge in [-0.2, -0.15) is 5.10 Å². The van der Waals surface area contributed by atoms with E-state index in [2.05, 4.69) is 27.6 Å². The first-order chi connectivity index (χ1) is 13.3. The average molecular weight is 499 g/mol. The van der Waals surface area contributed by atoms with Crippen LogP contribution in [-0.4, -0.2) is 54.8 Å². The molecule has 7 nitrogen and oxygen atoms in total. The van der Waals surface area contributed by atoms with Crippen molar-refractivity contribution in [1.29, 1.82) is 0 Å². The van der Waals surface area contributed by atoms with Gasteiger partial charge in [-0.3, -0.25) is 0 Å². The van der Waals surface area contributed by atoms with E-state index in [0.717, 1.165) is 63.0 Å². The molecule has 1 aliphatic heterocycles. The van der Waals surface area contributed by atoms with Crippen LogP contribution in [0.1, 0.15) is 25.3 Å². The minimum atomic E-state index is 0. The number of aliphatic imine (C=N–C) groups is 1. The summed E-state index contributed by atoms with van der Waals surface area (Å²) in [4.78, 5) is 4.65. The molecule has 2 N–H and O–H groups in total. The highest BCUT2D eigenvalue weighted by Crippen LogP contribution is 2.09. The maximum absolute atomic E-state index is 5.78. The van der Waals surface area contributed by atoms with Gasteiger partial charge >= 0.3 is 0 Å². The molecular formula is C20H30IN5O2. The Hall–Kier alpha value is -1.65. The molecule has 28 heavy (non-hydrogen) atoms. The molecule has 1 unspecified atom stereocenters. The van der Waals surface area contributed by atoms with Crippen LogP contribution in [0.3, 0.4) is 0 Å². The molecule has 154 valence electrons. The number of benzene rings is 1. The summed E-state index contributed by atoms with van der Waals surface area (Å²) in [5.74, 6) is 0.814. The van der Waals surface area contributed by atoms with Gasteiger partial charge in [0.1, 0.15) is 0 Å². The lowest BCUT2D eigenvalue weighted by Gasteiger charge is -2.12. The summed E-state index contributed by atoms with van der Waals surface area (Å²) in [7, 11) is 0. The van der Waals surface area contributed by atoms with E-state index in [0.29, 0.717) is 6.54 Å². The van der Waals surface area contributed by atoms with E-state index >= 15 is 0 Å². The Bertz CT molecular complexity index is 702. The van der Waals surface area contributed by atoms with E-state index in [-0.39, 0.29) is 30.1 Å². The molecule has 8 heteroatoms. The second-order valence-corrected chi connectivity index (χ2v) is 6.46. The van der Waals surface area contributed by atoms with Crippen LogP contribution in [0.2, 0.25) is 0 Å². The number of ether oxygens (including phenoxy) is 2. The zero-order valence-electron chi connectivity index (χ0n) is 16.3. The molecule has 1 aromatic carbocycles. The third-order valence-corrected chi connectivity index (χ3v) is 4.28. The van der Waals surface area contributed by atoms with Crippen molar-refractivity contribution in [2.45, 2.75) is 32.4 Å². The molecule has 0 radical (unpaired) electrons. The molecule has 0 bridgehead atoms. The van der Waals surface area contributed by atoms with Gasteiger partial charge in [0.2, 0.25) is 0 Å². The summed E-state index contributed by atoms with van der Waals surface area (Å²) in [6.07, 6.45) is 6.09. The second-order valence-electron chi connectivity index (χ2n) is 6.46. The lowest BCUT2D eigenvalue weighted by molar-refractivity contribution is 0.0420. The monoisotopic (exact) mass is 499 g/mol. The number of para-hydroxylation sites is 1. The van der Waals surface area contributed by atoms with Crippen molar-refractivity contribution in [3.8, 4) is 5.69 Å². The number of halogens is 1. The lowest BCUT2D eigenvalue weighted by atomic mass is 10.3. The van der Waals surface area contributed by atoms with E-state index in [1.807, 2.05) is 47.4 Å². The van der Waals surface area contributed by atoms with Gasteiger partial charge < -0.3 is 20.1 Å². The minimum absolute atomic E-state index is 0. The fourth-order valence-electron chi connectivity index (χ4n) is 2.85. The summed E-state index contributed by atoms with van der Waals surface area (Å²) < 4.78 is 13.0. The van der Waals surface area contributed by atoms with Crippen molar-refractivity contribution in [3.63, 3.8) is 0 Å². The highest BCUT2D eigenvalue weighted by molar-refractivity contribution is 14.0. The molecule has 1 atom stereocenters. The highest BCUT2D eigenvalue weighted by atomic mass is 127. The van der Waals surface area contributed by atoms with Crippen LogP contribution < -0.4 is 10.6 Å². The summed E-state index contributed by atoms with van der Waals surface area (Å²) >= 11 is 0. The third-order valence-electron chi connectivity index (χ3n) is 4.28. The van der Waals surface area contributed by atoms with E-state index in [1.54, 1.807) is 0 Å². The van der Waals surface area contributed by atoms with Crippen molar-refractivity contribution in [1.82, 2.24) is 20.4 Å². The first-order valence-corrected chi connectivity index (χ1v) is 9.65. The first-order valence-electron chi connectivity index (χ1n) is 9.65. The summed E-state index contributed by atoms with van der Waals surface area (Å²) in [5.41, 5.74) is 2.12. The highest BCUT2D eigenvalue weighted by Gasteiger charge is 2.15. The molecule has 0 saturated carbocycles. The predicted molar refractivity (Wildman–Crippen MR) is 122 cm³/mol. The van der Waals surface area contributed by atoms with Crippen LogP contribution >= 0.6 is 24.0 Å². The van der Waals surface area contributed by atoms with Gasteiger partial charge in [-0.15, -0.1) is 24.0 Å². The molecule has 0 amide bonds. The van der Waals surface area contributed by atoms with Crippen LogP contribution in [0, 0.1) is 0 Å². The maximum Gasteiger partial charge on any atom is 0.191 e. The fourth-order valence-corrected chi connectivity index (χ4v) is 2.85. The number of aromatic nitrogens is 2. The van der Waals surface area contributed by atoms with Gasteiger partial charge in [-0.25, -0.2) is 9.67 Å². The second kappa shape index (κ2) is 12.7. The Morgan fingerprint density at radius 1 is 1.32 bits per heavy atom. The Balaban J connectivity index is 0.00000280. The molecule has 1 saturated heterocycles. The number of hydrogen-bond acceptors (Lipinski definition) is 4. The summed E-state index contributed by atoms with van der Waals surface area (Å²) in [6, 6.07) is 10.1. The van der Waals surface area contributed by atoms with Gasteiger partial charge in [-0.1, -0.05) is 18.2 Å². The van der Waals surface area contributed by atoms with E-state index in [4.69, 9.17) is 9.47 Å². The normalized spacial score (nSPS) is 16.6. The molecule has 1 aromatic heterocycles. The van der Waals surface area contributed by atoms with Crippen molar-refractivity contribution in [3.05, 3.63) is 48.3 Å². The number of hydrogen-bond donors (Lipinski definition) is 2. The number of nitrogens with zero attached hydrogens (tertiary/aromatic N) is 3. The predicted octanol–water partition coefficient (Wildman–Crippen LogP) is 2.74. The quantitative estimate of drug-likeness (QED) is 0.240. The molecule has 2 heterocycles. The largest absolute Gasteiger partial charge is 0.379 e. The van der Waals surface area contributed by atoms with Crippen LogP contribution in [0.15, 0.2) is 47.7 Å². The molecule has 3 rings (SSSR count). The fraction of sp³-hybridized carbons (Fsp3) is 0.500. The van der Waals surface area contributed by atoms with Gasteiger partial charge in [0.25, 0.3) is 0 Å².